The van der Waals surface area contributed by atoms with Crippen LogP contribution < -0.4 is 5.32 Å². The minimum absolute atomic E-state index is 0.0760. The highest BCUT2D eigenvalue weighted by Crippen LogP contribution is 2.15. The summed E-state index contributed by atoms with van der Waals surface area (Å²) in [6.07, 6.45) is 4.17. The lowest BCUT2D eigenvalue weighted by Crippen LogP contribution is -2.52. The van der Waals surface area contributed by atoms with Gasteiger partial charge in [0, 0.05) is 32.2 Å². The molecule has 1 aliphatic heterocycles. The highest BCUT2D eigenvalue weighted by atomic mass is 16.2. The summed E-state index contributed by atoms with van der Waals surface area (Å²) in [5.74, 6) is 0. The van der Waals surface area contributed by atoms with Gasteiger partial charge in [0.1, 0.15) is 0 Å². The maximum absolute atomic E-state index is 12.5. The van der Waals surface area contributed by atoms with Gasteiger partial charge >= 0.3 is 6.03 Å². The van der Waals surface area contributed by atoms with Crippen LogP contribution in [0.25, 0.3) is 0 Å². The molecule has 1 atom stereocenters. The van der Waals surface area contributed by atoms with Gasteiger partial charge in [0.2, 0.25) is 0 Å². The minimum Gasteiger partial charge on any atom is -0.338 e. The minimum atomic E-state index is 0.0760. The van der Waals surface area contributed by atoms with Gasteiger partial charge < -0.3 is 15.1 Å². The fourth-order valence-electron chi connectivity index (χ4n) is 3.70. The summed E-state index contributed by atoms with van der Waals surface area (Å²) in [4.78, 5) is 16.9. The number of amides is 2. The summed E-state index contributed by atoms with van der Waals surface area (Å²) in [6.45, 7) is 3.40. The largest absolute Gasteiger partial charge is 0.338 e. The Kier molecular flexibility index (Phi) is 7.28. The highest BCUT2D eigenvalue weighted by Gasteiger charge is 2.25. The van der Waals surface area contributed by atoms with Crippen molar-refractivity contribution < 1.29 is 4.79 Å². The Hall–Kier alpha value is -2.33. The van der Waals surface area contributed by atoms with Crippen molar-refractivity contribution in [3.63, 3.8) is 0 Å². The fourth-order valence-corrected chi connectivity index (χ4v) is 3.70. The van der Waals surface area contributed by atoms with Gasteiger partial charge in [-0.25, -0.2) is 4.79 Å². The first kappa shape index (κ1) is 19.4. The lowest BCUT2D eigenvalue weighted by molar-refractivity contribution is 0.127. The van der Waals surface area contributed by atoms with E-state index in [0.29, 0.717) is 12.6 Å². The number of likely N-dealkylation sites (N-methyl/N-ethyl adjacent to an activating group) is 1. The molecule has 0 bridgehead atoms. The molecule has 1 saturated heterocycles. The lowest BCUT2D eigenvalue weighted by Gasteiger charge is -2.37. The van der Waals surface area contributed by atoms with Gasteiger partial charge in [-0.1, -0.05) is 60.7 Å². The van der Waals surface area contributed by atoms with Crippen molar-refractivity contribution in [2.24, 2.45) is 0 Å². The second kappa shape index (κ2) is 10.1. The number of rotatable bonds is 7. The molecule has 0 aromatic heterocycles. The second-order valence-corrected chi connectivity index (χ2v) is 7.43. The molecular weight excluding hydrogens is 334 g/mol. The normalized spacial score (nSPS) is 17.1. The van der Waals surface area contributed by atoms with Gasteiger partial charge in [0.05, 0.1) is 0 Å². The number of hydrogen-bond acceptors (Lipinski definition) is 2. The van der Waals surface area contributed by atoms with Crippen LogP contribution >= 0.6 is 0 Å². The molecule has 1 unspecified atom stereocenters. The Morgan fingerprint density at radius 2 is 1.67 bits per heavy atom. The molecule has 0 saturated carbocycles. The molecule has 4 heteroatoms. The number of hydrogen-bond donors (Lipinski definition) is 1. The van der Waals surface area contributed by atoms with E-state index >= 15 is 0 Å². The zero-order valence-corrected chi connectivity index (χ0v) is 16.3. The topological polar surface area (TPSA) is 35.6 Å². The van der Waals surface area contributed by atoms with E-state index in [1.54, 1.807) is 0 Å². The molecule has 0 spiro atoms. The standard InChI is InChI=1S/C23H31N3O/c1-25(18-15-21-11-6-3-7-12-21)22-13-8-17-26(19-22)23(27)24-16-14-20-9-4-2-5-10-20/h2-7,9-12,22H,8,13-19H2,1H3,(H,24,27). The third kappa shape index (κ3) is 6.10. The maximum atomic E-state index is 12.5. The number of nitrogens with one attached hydrogen (secondary N) is 1. The summed E-state index contributed by atoms with van der Waals surface area (Å²) in [6, 6.07) is 21.4. The third-order valence-electron chi connectivity index (χ3n) is 5.44. The van der Waals surface area contributed by atoms with E-state index < -0.39 is 0 Å². The first-order chi connectivity index (χ1) is 13.2. The van der Waals surface area contributed by atoms with Crippen LogP contribution in [-0.4, -0.2) is 55.1 Å². The molecule has 2 aromatic rings. The Morgan fingerprint density at radius 1 is 1.04 bits per heavy atom. The zero-order chi connectivity index (χ0) is 18.9. The Balaban J connectivity index is 1.41. The summed E-state index contributed by atoms with van der Waals surface area (Å²) in [7, 11) is 2.18. The van der Waals surface area contributed by atoms with Crippen LogP contribution in [0.2, 0.25) is 0 Å². The summed E-state index contributed by atoms with van der Waals surface area (Å²) in [5, 5.41) is 3.09. The summed E-state index contributed by atoms with van der Waals surface area (Å²) in [5.41, 5.74) is 2.63. The molecule has 0 aliphatic carbocycles. The smallest absolute Gasteiger partial charge is 0.317 e. The number of carbonyl (C=O) groups excluding carboxylic acids is 1. The van der Waals surface area contributed by atoms with Crippen LogP contribution in [0.1, 0.15) is 24.0 Å². The summed E-state index contributed by atoms with van der Waals surface area (Å²) < 4.78 is 0. The fraction of sp³-hybridized carbons (Fsp3) is 0.435. The van der Waals surface area contributed by atoms with E-state index in [-0.39, 0.29) is 6.03 Å². The van der Waals surface area contributed by atoms with Crippen molar-refractivity contribution in [2.45, 2.75) is 31.7 Å². The lowest BCUT2D eigenvalue weighted by atomic mass is 10.0. The van der Waals surface area contributed by atoms with Crippen molar-refractivity contribution in [2.75, 3.05) is 33.2 Å². The van der Waals surface area contributed by atoms with Crippen LogP contribution in [-0.2, 0) is 12.8 Å². The number of nitrogens with zero attached hydrogens (tertiary/aromatic N) is 2. The van der Waals surface area contributed by atoms with Gasteiger partial charge in [-0.15, -0.1) is 0 Å². The number of piperidine rings is 1. The first-order valence-electron chi connectivity index (χ1n) is 10.0. The van der Waals surface area contributed by atoms with Crippen molar-refractivity contribution in [1.82, 2.24) is 15.1 Å². The molecule has 4 nitrogen and oxygen atoms in total. The van der Waals surface area contributed by atoms with E-state index in [0.717, 1.165) is 38.9 Å². The number of likely N-dealkylation sites (tertiary alicyclic amines) is 1. The number of urea groups is 1. The molecule has 2 aromatic carbocycles. The molecule has 27 heavy (non-hydrogen) atoms. The van der Waals surface area contributed by atoms with Crippen molar-refractivity contribution in [1.29, 1.82) is 0 Å². The van der Waals surface area contributed by atoms with Crippen molar-refractivity contribution in [3.05, 3.63) is 71.8 Å². The van der Waals surface area contributed by atoms with Gasteiger partial charge in [0.25, 0.3) is 0 Å². The average molecular weight is 366 g/mol. The van der Waals surface area contributed by atoms with Crippen LogP contribution in [0.3, 0.4) is 0 Å². The van der Waals surface area contributed by atoms with E-state index in [4.69, 9.17) is 0 Å². The van der Waals surface area contributed by atoms with E-state index in [1.165, 1.54) is 17.5 Å². The van der Waals surface area contributed by atoms with Crippen LogP contribution in [0, 0.1) is 0 Å². The summed E-state index contributed by atoms with van der Waals surface area (Å²) >= 11 is 0. The van der Waals surface area contributed by atoms with Crippen LogP contribution in [0.5, 0.6) is 0 Å². The zero-order valence-electron chi connectivity index (χ0n) is 16.3. The second-order valence-electron chi connectivity index (χ2n) is 7.43. The molecule has 144 valence electrons. The highest BCUT2D eigenvalue weighted by molar-refractivity contribution is 5.74. The quantitative estimate of drug-likeness (QED) is 0.814. The predicted octanol–water partition coefficient (Wildman–Crippen LogP) is 3.58. The van der Waals surface area contributed by atoms with Gasteiger partial charge in [0.15, 0.2) is 0 Å². The van der Waals surface area contributed by atoms with E-state index in [1.807, 2.05) is 23.1 Å². The van der Waals surface area contributed by atoms with E-state index in [2.05, 4.69) is 59.7 Å². The monoisotopic (exact) mass is 365 g/mol. The molecule has 0 radical (unpaired) electrons. The molecule has 1 aliphatic rings. The van der Waals surface area contributed by atoms with Gasteiger partial charge in [-0.3, -0.25) is 0 Å². The van der Waals surface area contributed by atoms with E-state index in [9.17, 15) is 4.79 Å². The van der Waals surface area contributed by atoms with Crippen molar-refractivity contribution in [3.8, 4) is 0 Å². The average Bonchev–Trinajstić information content (AvgIpc) is 2.73. The third-order valence-corrected chi connectivity index (χ3v) is 5.44. The van der Waals surface area contributed by atoms with Gasteiger partial charge in [-0.2, -0.15) is 0 Å². The number of carbonyl (C=O) groups is 1. The Labute approximate surface area is 163 Å². The Morgan fingerprint density at radius 3 is 2.33 bits per heavy atom. The Bertz CT molecular complexity index is 689. The molecule has 2 amide bonds. The predicted molar refractivity (Wildman–Crippen MR) is 111 cm³/mol. The molecule has 1 fully saturated rings. The SMILES string of the molecule is CN(CCc1ccccc1)C1CCCN(C(=O)NCCc2ccccc2)C1. The number of benzene rings is 2. The van der Waals surface area contributed by atoms with Crippen LogP contribution in [0.15, 0.2) is 60.7 Å². The molecule has 1 N–H and O–H groups in total. The molecule has 3 rings (SSSR count). The molecule has 1 heterocycles. The maximum Gasteiger partial charge on any atom is 0.317 e. The van der Waals surface area contributed by atoms with Crippen molar-refractivity contribution >= 4 is 6.03 Å². The van der Waals surface area contributed by atoms with Gasteiger partial charge in [-0.05, 0) is 43.9 Å². The molecular formula is C23H31N3O. The van der Waals surface area contributed by atoms with Crippen LogP contribution in [0.4, 0.5) is 4.79 Å². The first-order valence-corrected chi connectivity index (χ1v) is 10.0.